The molecule has 0 saturated carbocycles. The van der Waals surface area contributed by atoms with E-state index >= 15 is 0 Å². The molecule has 96 valence electrons. The molecule has 0 aliphatic heterocycles. The third kappa shape index (κ3) is 3.67. The summed E-state index contributed by atoms with van der Waals surface area (Å²) in [5.41, 5.74) is 2.70. The summed E-state index contributed by atoms with van der Waals surface area (Å²) in [5, 5.41) is 11.2. The van der Waals surface area contributed by atoms with Crippen molar-refractivity contribution >= 4 is 23.4 Å². The van der Waals surface area contributed by atoms with Gasteiger partial charge in [0.25, 0.3) is 0 Å². The van der Waals surface area contributed by atoms with Gasteiger partial charge in [-0.05, 0) is 25.5 Å². The highest BCUT2D eigenvalue weighted by Crippen LogP contribution is 2.29. The Morgan fingerprint density at radius 3 is 2.83 bits per heavy atom. The molecule has 5 heteroatoms. The van der Waals surface area contributed by atoms with Crippen LogP contribution in [-0.2, 0) is 4.79 Å². The van der Waals surface area contributed by atoms with E-state index in [0.29, 0.717) is 5.75 Å². The third-order valence-electron chi connectivity index (χ3n) is 2.48. The van der Waals surface area contributed by atoms with E-state index in [2.05, 4.69) is 5.32 Å². The molecule has 4 nitrogen and oxygen atoms in total. The van der Waals surface area contributed by atoms with Gasteiger partial charge in [-0.1, -0.05) is 6.07 Å². The fourth-order valence-corrected chi connectivity index (χ4v) is 2.10. The Labute approximate surface area is 111 Å². The van der Waals surface area contributed by atoms with Gasteiger partial charge in [-0.3, -0.25) is 4.79 Å². The lowest BCUT2D eigenvalue weighted by Gasteiger charge is -2.13. The van der Waals surface area contributed by atoms with Gasteiger partial charge in [0, 0.05) is 11.3 Å². The van der Waals surface area contributed by atoms with Gasteiger partial charge in [0.1, 0.15) is 5.75 Å². The van der Waals surface area contributed by atoms with Crippen LogP contribution < -0.4 is 10.1 Å². The molecular formula is C13H16N2O2S. The number of nitriles is 1. The average Bonchev–Trinajstić information content (AvgIpc) is 2.34. The Morgan fingerprint density at radius 2 is 2.22 bits per heavy atom. The van der Waals surface area contributed by atoms with Gasteiger partial charge in [0.05, 0.1) is 24.7 Å². The van der Waals surface area contributed by atoms with E-state index in [4.69, 9.17) is 10.00 Å². The summed E-state index contributed by atoms with van der Waals surface area (Å²) in [7, 11) is 1.61. The summed E-state index contributed by atoms with van der Waals surface area (Å²) < 4.78 is 5.30. The highest BCUT2D eigenvalue weighted by molar-refractivity contribution is 8.00. The van der Waals surface area contributed by atoms with Gasteiger partial charge in [-0.25, -0.2) is 0 Å². The molecule has 0 atom stereocenters. The molecule has 0 spiro atoms. The number of thioether (sulfide) groups is 1. The Kier molecular flexibility index (Phi) is 5.53. The third-order valence-corrected chi connectivity index (χ3v) is 3.28. The Morgan fingerprint density at radius 1 is 1.50 bits per heavy atom. The summed E-state index contributed by atoms with van der Waals surface area (Å²) in [6, 6.07) is 5.75. The number of benzene rings is 1. The predicted octanol–water partition coefficient (Wildman–Crippen LogP) is 2.51. The van der Waals surface area contributed by atoms with Crippen LogP contribution in [0.2, 0.25) is 0 Å². The number of carbonyl (C=O) groups excluding carboxylic acids is 1. The number of methoxy groups -OCH3 is 1. The van der Waals surface area contributed by atoms with Gasteiger partial charge in [0.2, 0.25) is 5.91 Å². The van der Waals surface area contributed by atoms with Crippen molar-refractivity contribution in [3.05, 3.63) is 23.3 Å². The van der Waals surface area contributed by atoms with Crippen molar-refractivity contribution in [2.45, 2.75) is 13.8 Å². The van der Waals surface area contributed by atoms with Gasteiger partial charge >= 0.3 is 0 Å². The van der Waals surface area contributed by atoms with Crippen LogP contribution in [0.5, 0.6) is 5.75 Å². The number of hydrogen-bond acceptors (Lipinski definition) is 4. The molecule has 0 bridgehead atoms. The maximum atomic E-state index is 11.6. The molecule has 0 aliphatic rings. The molecule has 0 heterocycles. The first-order valence-corrected chi connectivity index (χ1v) is 6.64. The molecule has 1 N–H and O–H groups in total. The van der Waals surface area contributed by atoms with E-state index in [1.165, 1.54) is 11.8 Å². The van der Waals surface area contributed by atoms with Crippen LogP contribution in [0.1, 0.15) is 11.1 Å². The van der Waals surface area contributed by atoms with Crippen molar-refractivity contribution in [1.82, 2.24) is 0 Å². The largest absolute Gasteiger partial charge is 0.496 e. The Hall–Kier alpha value is -1.67. The zero-order chi connectivity index (χ0) is 13.5. The smallest absolute Gasteiger partial charge is 0.234 e. The molecule has 0 aromatic heterocycles. The number of rotatable bonds is 5. The van der Waals surface area contributed by atoms with Crippen LogP contribution in [0, 0.1) is 25.2 Å². The molecule has 0 aliphatic carbocycles. The van der Waals surface area contributed by atoms with Gasteiger partial charge in [0.15, 0.2) is 0 Å². The summed E-state index contributed by atoms with van der Waals surface area (Å²) in [6.07, 6.45) is 0. The van der Waals surface area contributed by atoms with E-state index in [-0.39, 0.29) is 11.7 Å². The van der Waals surface area contributed by atoms with Crippen LogP contribution in [0.4, 0.5) is 5.69 Å². The standard InChI is InChI=1S/C13H16N2O2S/c1-9-4-5-11(10(2)13(9)17-3)15-12(16)8-18-7-6-14/h4-5H,7-8H2,1-3H3,(H,15,16). The lowest BCUT2D eigenvalue weighted by Crippen LogP contribution is -2.15. The lowest BCUT2D eigenvalue weighted by molar-refractivity contribution is -0.113. The molecule has 0 fully saturated rings. The van der Waals surface area contributed by atoms with Gasteiger partial charge < -0.3 is 10.1 Å². The normalized spacial score (nSPS) is 9.67. The second-order valence-corrected chi connectivity index (χ2v) is 4.77. The Balaban J connectivity index is 2.74. The number of aryl methyl sites for hydroxylation is 1. The van der Waals surface area contributed by atoms with E-state index in [9.17, 15) is 4.79 Å². The SMILES string of the molecule is COc1c(C)ccc(NC(=O)CSCC#N)c1C. The monoisotopic (exact) mass is 264 g/mol. The molecule has 0 saturated heterocycles. The molecule has 1 rings (SSSR count). The number of nitrogens with zero attached hydrogens (tertiary/aromatic N) is 1. The number of nitrogens with one attached hydrogen (secondary N) is 1. The van der Waals surface area contributed by atoms with Crippen molar-refractivity contribution in [3.63, 3.8) is 0 Å². The van der Waals surface area contributed by atoms with Crippen molar-refractivity contribution in [3.8, 4) is 11.8 Å². The van der Waals surface area contributed by atoms with Crippen LogP contribution in [0.15, 0.2) is 12.1 Å². The number of ether oxygens (including phenoxy) is 1. The van der Waals surface area contributed by atoms with Gasteiger partial charge in [-0.2, -0.15) is 5.26 Å². The van der Waals surface area contributed by atoms with Gasteiger partial charge in [-0.15, -0.1) is 11.8 Å². The van der Waals surface area contributed by atoms with Crippen LogP contribution in [0.25, 0.3) is 0 Å². The van der Waals surface area contributed by atoms with Crippen molar-refractivity contribution < 1.29 is 9.53 Å². The second kappa shape index (κ2) is 6.92. The minimum Gasteiger partial charge on any atom is -0.496 e. The number of amides is 1. The first-order chi connectivity index (χ1) is 8.60. The molecule has 1 amide bonds. The zero-order valence-electron chi connectivity index (χ0n) is 10.7. The molecule has 1 aromatic rings. The number of carbonyl (C=O) groups is 1. The van der Waals surface area contributed by atoms with Crippen LogP contribution in [-0.4, -0.2) is 24.5 Å². The Bertz CT molecular complexity index is 481. The number of hydrogen-bond donors (Lipinski definition) is 1. The lowest BCUT2D eigenvalue weighted by atomic mass is 10.1. The zero-order valence-corrected chi connectivity index (χ0v) is 11.6. The fraction of sp³-hybridized carbons (Fsp3) is 0.385. The highest BCUT2D eigenvalue weighted by atomic mass is 32.2. The molecular weight excluding hydrogens is 248 g/mol. The second-order valence-electron chi connectivity index (χ2n) is 3.79. The minimum atomic E-state index is -0.107. The first-order valence-electron chi connectivity index (χ1n) is 5.49. The molecule has 1 aromatic carbocycles. The van der Waals surface area contributed by atoms with E-state index in [1.807, 2.05) is 32.0 Å². The molecule has 0 unspecified atom stereocenters. The fourth-order valence-electron chi connectivity index (χ4n) is 1.65. The summed E-state index contributed by atoms with van der Waals surface area (Å²) in [5.74, 6) is 1.29. The number of anilines is 1. The van der Waals surface area contributed by atoms with Crippen molar-refractivity contribution in [2.24, 2.45) is 0 Å². The summed E-state index contributed by atoms with van der Waals surface area (Å²) in [4.78, 5) is 11.6. The summed E-state index contributed by atoms with van der Waals surface area (Å²) >= 11 is 1.30. The molecule has 0 radical (unpaired) electrons. The highest BCUT2D eigenvalue weighted by Gasteiger charge is 2.10. The maximum absolute atomic E-state index is 11.6. The van der Waals surface area contributed by atoms with Crippen LogP contribution in [0.3, 0.4) is 0 Å². The predicted molar refractivity (Wildman–Crippen MR) is 74.0 cm³/mol. The van der Waals surface area contributed by atoms with E-state index in [1.54, 1.807) is 7.11 Å². The topological polar surface area (TPSA) is 62.1 Å². The minimum absolute atomic E-state index is 0.107. The van der Waals surface area contributed by atoms with E-state index in [0.717, 1.165) is 22.6 Å². The van der Waals surface area contributed by atoms with E-state index < -0.39 is 0 Å². The maximum Gasteiger partial charge on any atom is 0.234 e. The average molecular weight is 264 g/mol. The van der Waals surface area contributed by atoms with Crippen LogP contribution >= 0.6 is 11.8 Å². The quantitative estimate of drug-likeness (QED) is 0.830. The molecule has 18 heavy (non-hydrogen) atoms. The van der Waals surface area contributed by atoms with Crippen molar-refractivity contribution in [1.29, 1.82) is 5.26 Å². The first kappa shape index (κ1) is 14.4. The van der Waals surface area contributed by atoms with Crippen molar-refractivity contribution in [2.75, 3.05) is 23.9 Å². The summed E-state index contributed by atoms with van der Waals surface area (Å²) in [6.45, 7) is 3.87.